The van der Waals surface area contributed by atoms with Crippen molar-refractivity contribution in [2.45, 2.75) is 12.5 Å². The summed E-state index contributed by atoms with van der Waals surface area (Å²) in [7, 11) is 1.59. The van der Waals surface area contributed by atoms with Crippen LogP contribution in [-0.2, 0) is 4.79 Å². The summed E-state index contributed by atoms with van der Waals surface area (Å²) in [5, 5.41) is 20.3. The molecular formula is C12H11N5O3. The first-order valence-electron chi connectivity index (χ1n) is 5.91. The largest absolute Gasteiger partial charge is 0.497 e. The predicted molar refractivity (Wildman–Crippen MR) is 68.3 cm³/mol. The minimum absolute atomic E-state index is 0.0492. The van der Waals surface area contributed by atoms with Crippen LogP contribution < -0.4 is 4.74 Å². The normalized spacial score (nSPS) is 17.2. The lowest BCUT2D eigenvalue weighted by atomic mass is 10.00. The second kappa shape index (κ2) is 4.72. The summed E-state index contributed by atoms with van der Waals surface area (Å²) >= 11 is 0. The molecule has 8 nitrogen and oxygen atoms in total. The molecule has 1 aromatic carbocycles. The van der Waals surface area contributed by atoms with Crippen LogP contribution in [0.3, 0.4) is 0 Å². The number of hydrogen-bond donors (Lipinski definition) is 1. The summed E-state index contributed by atoms with van der Waals surface area (Å²) in [4.78, 5) is 15.1. The van der Waals surface area contributed by atoms with E-state index < -0.39 is 5.97 Å². The maximum absolute atomic E-state index is 11.1. The van der Waals surface area contributed by atoms with Gasteiger partial charge in [-0.15, -0.1) is 0 Å². The molecule has 1 atom stereocenters. The van der Waals surface area contributed by atoms with E-state index in [0.29, 0.717) is 0 Å². The molecule has 0 bridgehead atoms. The molecule has 8 heteroatoms. The second-order valence-electron chi connectivity index (χ2n) is 4.28. The number of ether oxygens (including phenoxy) is 1. The molecule has 0 amide bonds. The van der Waals surface area contributed by atoms with Gasteiger partial charge in [0.1, 0.15) is 11.5 Å². The zero-order valence-electron chi connectivity index (χ0n) is 10.6. The summed E-state index contributed by atoms with van der Waals surface area (Å²) in [5.41, 5.74) is 0.945. The van der Waals surface area contributed by atoms with Gasteiger partial charge in [0.15, 0.2) is 0 Å². The number of aliphatic carboxylic acids is 1. The van der Waals surface area contributed by atoms with E-state index in [4.69, 9.17) is 9.84 Å². The molecule has 1 aromatic heterocycles. The molecule has 0 saturated heterocycles. The van der Waals surface area contributed by atoms with E-state index in [2.05, 4.69) is 20.5 Å². The highest BCUT2D eigenvalue weighted by Gasteiger charge is 2.29. The number of hydrogen-bond acceptors (Lipinski definition) is 6. The van der Waals surface area contributed by atoms with Gasteiger partial charge in [0.25, 0.3) is 5.95 Å². The number of methoxy groups -OCH3 is 1. The predicted octanol–water partition coefficient (Wildman–Crippen LogP) is 0.832. The molecule has 20 heavy (non-hydrogen) atoms. The lowest BCUT2D eigenvalue weighted by Gasteiger charge is -2.21. The van der Waals surface area contributed by atoms with Crippen LogP contribution in [0.4, 0.5) is 5.95 Å². The number of carbonyl (C=O) groups is 1. The van der Waals surface area contributed by atoms with Gasteiger partial charge in [-0.25, -0.2) is 14.5 Å². The van der Waals surface area contributed by atoms with Crippen molar-refractivity contribution in [2.75, 3.05) is 7.11 Å². The Labute approximate surface area is 113 Å². The van der Waals surface area contributed by atoms with Gasteiger partial charge in [-0.1, -0.05) is 17.2 Å². The number of carboxylic acids is 1. The van der Waals surface area contributed by atoms with E-state index in [9.17, 15) is 4.79 Å². The van der Waals surface area contributed by atoms with E-state index in [-0.39, 0.29) is 24.1 Å². The van der Waals surface area contributed by atoms with Crippen LogP contribution >= 0.6 is 0 Å². The average Bonchev–Trinajstić information content (AvgIpc) is 2.94. The molecule has 0 aliphatic carbocycles. The first-order chi connectivity index (χ1) is 9.69. The summed E-state index contributed by atoms with van der Waals surface area (Å²) < 4.78 is 6.63. The molecule has 102 valence electrons. The Morgan fingerprint density at radius 3 is 2.80 bits per heavy atom. The van der Waals surface area contributed by atoms with Crippen molar-refractivity contribution in [1.82, 2.24) is 20.2 Å². The molecule has 1 aliphatic heterocycles. The van der Waals surface area contributed by atoms with E-state index in [1.807, 2.05) is 24.3 Å². The fourth-order valence-electron chi connectivity index (χ4n) is 2.12. The topological polar surface area (TPSA) is 102 Å². The minimum atomic E-state index is -1.06. The fraction of sp³-hybridized carbons (Fsp3) is 0.250. The Kier molecular flexibility index (Phi) is 2.90. The number of rotatable bonds is 3. The van der Waals surface area contributed by atoms with Crippen molar-refractivity contribution < 1.29 is 14.6 Å². The van der Waals surface area contributed by atoms with Crippen molar-refractivity contribution in [3.8, 4) is 5.75 Å². The minimum Gasteiger partial charge on any atom is -0.497 e. The number of aliphatic imine (C=N–C) groups is 1. The maximum Gasteiger partial charge on any atom is 0.350 e. The number of nitrogens with zero attached hydrogens (tertiary/aromatic N) is 5. The SMILES string of the molecule is COc1ccc(C2CC(C(=O)O)=Nc3nnnn32)cc1. The molecular weight excluding hydrogens is 262 g/mol. The van der Waals surface area contributed by atoms with E-state index in [1.54, 1.807) is 7.11 Å². The van der Waals surface area contributed by atoms with Crippen LogP contribution in [0, 0.1) is 0 Å². The molecule has 1 N–H and O–H groups in total. The number of fused-ring (bicyclic) bond motifs is 1. The third-order valence-corrected chi connectivity index (χ3v) is 3.14. The Bertz CT molecular complexity index is 677. The van der Waals surface area contributed by atoms with Crippen LogP contribution in [0.25, 0.3) is 0 Å². The van der Waals surface area contributed by atoms with Gasteiger partial charge in [-0.05, 0) is 28.1 Å². The molecule has 2 aromatic rings. The summed E-state index contributed by atoms with van der Waals surface area (Å²) in [5.74, 6) is -0.124. The standard InChI is InChI=1S/C12H11N5O3/c1-20-8-4-2-7(3-5-8)10-6-9(11(18)19)13-12-14-15-16-17(10)12/h2-5,10H,6H2,1H3,(H,18,19). The smallest absolute Gasteiger partial charge is 0.350 e. The molecule has 1 aliphatic rings. The van der Waals surface area contributed by atoms with E-state index in [0.717, 1.165) is 11.3 Å². The van der Waals surface area contributed by atoms with E-state index >= 15 is 0 Å². The number of tetrazole rings is 1. The van der Waals surface area contributed by atoms with Crippen LogP contribution in [-0.4, -0.2) is 44.1 Å². The third-order valence-electron chi connectivity index (χ3n) is 3.14. The average molecular weight is 273 g/mol. The second-order valence-corrected chi connectivity index (χ2v) is 4.28. The zero-order chi connectivity index (χ0) is 14.1. The lowest BCUT2D eigenvalue weighted by molar-refractivity contribution is -0.129. The van der Waals surface area contributed by atoms with E-state index in [1.165, 1.54) is 4.68 Å². The molecule has 0 fully saturated rings. The van der Waals surface area contributed by atoms with Gasteiger partial charge in [0, 0.05) is 6.42 Å². The Morgan fingerprint density at radius 2 is 2.15 bits per heavy atom. The van der Waals surface area contributed by atoms with Crippen molar-refractivity contribution >= 4 is 17.6 Å². The fourth-order valence-corrected chi connectivity index (χ4v) is 2.12. The van der Waals surface area contributed by atoms with Crippen molar-refractivity contribution in [3.63, 3.8) is 0 Å². The summed E-state index contributed by atoms with van der Waals surface area (Å²) in [6.07, 6.45) is 0.236. The first kappa shape index (κ1) is 12.3. The molecule has 3 rings (SSSR count). The Hall–Kier alpha value is -2.77. The monoisotopic (exact) mass is 273 g/mol. The number of carboxylic acid groups (broad SMARTS) is 1. The van der Waals surface area contributed by atoms with Crippen LogP contribution in [0.5, 0.6) is 5.75 Å². The van der Waals surface area contributed by atoms with Crippen molar-refractivity contribution in [3.05, 3.63) is 29.8 Å². The zero-order valence-corrected chi connectivity index (χ0v) is 10.6. The number of aromatic nitrogens is 4. The van der Waals surface area contributed by atoms with Gasteiger partial charge >= 0.3 is 5.97 Å². The lowest BCUT2D eigenvalue weighted by Crippen LogP contribution is -2.25. The molecule has 0 radical (unpaired) electrons. The van der Waals surface area contributed by atoms with Gasteiger partial charge in [0.2, 0.25) is 0 Å². The molecule has 0 saturated carbocycles. The molecule has 2 heterocycles. The van der Waals surface area contributed by atoms with Gasteiger partial charge < -0.3 is 9.84 Å². The van der Waals surface area contributed by atoms with Crippen molar-refractivity contribution in [1.29, 1.82) is 0 Å². The molecule has 1 unspecified atom stereocenters. The number of benzene rings is 1. The van der Waals surface area contributed by atoms with Crippen LogP contribution in [0.15, 0.2) is 29.3 Å². The first-order valence-corrected chi connectivity index (χ1v) is 5.91. The Morgan fingerprint density at radius 1 is 1.40 bits per heavy atom. The Balaban J connectivity index is 2.01. The highest BCUT2D eigenvalue weighted by atomic mass is 16.5. The summed E-state index contributed by atoms with van der Waals surface area (Å²) in [6, 6.07) is 7.06. The van der Waals surface area contributed by atoms with Crippen LogP contribution in [0.2, 0.25) is 0 Å². The summed E-state index contributed by atoms with van der Waals surface area (Å²) in [6.45, 7) is 0. The van der Waals surface area contributed by atoms with Gasteiger partial charge in [0.05, 0.1) is 13.2 Å². The quantitative estimate of drug-likeness (QED) is 0.888. The van der Waals surface area contributed by atoms with Gasteiger partial charge in [-0.3, -0.25) is 0 Å². The highest BCUT2D eigenvalue weighted by molar-refractivity contribution is 6.36. The maximum atomic E-state index is 11.1. The van der Waals surface area contributed by atoms with Crippen LogP contribution in [0.1, 0.15) is 18.0 Å². The molecule has 0 spiro atoms. The highest BCUT2D eigenvalue weighted by Crippen LogP contribution is 2.30. The van der Waals surface area contributed by atoms with Crippen molar-refractivity contribution in [2.24, 2.45) is 4.99 Å². The third kappa shape index (κ3) is 2.00. The van der Waals surface area contributed by atoms with Gasteiger partial charge in [-0.2, -0.15) is 0 Å².